The maximum Gasteiger partial charge on any atom is 0.303 e. The molecule has 0 spiro atoms. The highest BCUT2D eigenvalue weighted by Crippen LogP contribution is 2.32. The largest absolute Gasteiger partial charge is 0.481 e. The molecule has 27 heavy (non-hydrogen) atoms. The summed E-state index contributed by atoms with van der Waals surface area (Å²) >= 11 is 0. The third-order valence-electron chi connectivity index (χ3n) is 5.86. The summed E-state index contributed by atoms with van der Waals surface area (Å²) in [4.78, 5) is 13.3. The predicted molar refractivity (Wildman–Crippen MR) is 114 cm³/mol. The third kappa shape index (κ3) is 7.40. The number of rotatable bonds is 11. The monoisotopic (exact) mass is 371 g/mol. The van der Waals surface area contributed by atoms with Gasteiger partial charge in [-0.05, 0) is 60.9 Å². The molecular formula is C24H37NO2. The highest BCUT2D eigenvalue weighted by molar-refractivity contribution is 5.66. The molecule has 0 saturated heterocycles. The number of hydrogen-bond donors (Lipinski definition) is 1. The van der Waals surface area contributed by atoms with E-state index in [1.165, 1.54) is 43.3 Å². The molecule has 1 aliphatic carbocycles. The number of aliphatic carboxylic acids is 1. The SMILES string of the molecule is CCCCCCCN1C=CC(C2=CCC(CCC(=O)O)C(CC)C=C2)=CC1. The summed E-state index contributed by atoms with van der Waals surface area (Å²) in [5.74, 6) is 0.230. The molecular weight excluding hydrogens is 334 g/mol. The van der Waals surface area contributed by atoms with Crippen molar-refractivity contribution in [3.8, 4) is 0 Å². The maximum absolute atomic E-state index is 10.9. The first kappa shape index (κ1) is 21.5. The normalized spacial score (nSPS) is 22.4. The quantitative estimate of drug-likeness (QED) is 0.446. The van der Waals surface area contributed by atoms with Crippen LogP contribution in [0.2, 0.25) is 0 Å². The van der Waals surface area contributed by atoms with Gasteiger partial charge >= 0.3 is 5.97 Å². The predicted octanol–water partition coefficient (Wildman–Crippen LogP) is 6.11. The molecule has 0 fully saturated rings. The summed E-state index contributed by atoms with van der Waals surface area (Å²) < 4.78 is 0. The average Bonchev–Trinajstić information content (AvgIpc) is 2.89. The Morgan fingerprint density at radius 1 is 1.11 bits per heavy atom. The van der Waals surface area contributed by atoms with Gasteiger partial charge in [-0.3, -0.25) is 4.79 Å². The average molecular weight is 372 g/mol. The van der Waals surface area contributed by atoms with Gasteiger partial charge in [0.2, 0.25) is 0 Å². The number of carboxylic acid groups (broad SMARTS) is 1. The molecule has 0 aromatic carbocycles. The molecule has 3 nitrogen and oxygen atoms in total. The Hall–Kier alpha value is -1.77. The zero-order valence-electron chi connectivity index (χ0n) is 17.2. The van der Waals surface area contributed by atoms with Crippen LogP contribution in [0.4, 0.5) is 0 Å². The number of allylic oxidation sites excluding steroid dienone is 6. The first-order valence-electron chi connectivity index (χ1n) is 10.9. The zero-order chi connectivity index (χ0) is 19.5. The summed E-state index contributed by atoms with van der Waals surface area (Å²) in [6.45, 7) is 6.60. The first-order chi connectivity index (χ1) is 13.1. The zero-order valence-corrected chi connectivity index (χ0v) is 17.2. The van der Waals surface area contributed by atoms with Crippen LogP contribution in [0.25, 0.3) is 0 Å². The molecule has 150 valence electrons. The second-order valence-electron chi connectivity index (χ2n) is 7.90. The van der Waals surface area contributed by atoms with Gasteiger partial charge in [0.15, 0.2) is 0 Å². The molecule has 1 heterocycles. The molecule has 1 aliphatic heterocycles. The molecule has 2 unspecified atom stereocenters. The Bertz CT molecular complexity index is 585. The summed E-state index contributed by atoms with van der Waals surface area (Å²) in [5, 5.41) is 9.00. The Kier molecular flexibility index (Phi) is 9.44. The fraction of sp³-hybridized carbons (Fsp3) is 0.625. The molecule has 0 radical (unpaired) electrons. The summed E-state index contributed by atoms with van der Waals surface area (Å²) in [7, 11) is 0. The van der Waals surface area contributed by atoms with Crippen molar-refractivity contribution in [3.05, 3.63) is 47.7 Å². The lowest BCUT2D eigenvalue weighted by Crippen LogP contribution is -2.21. The van der Waals surface area contributed by atoms with Crippen molar-refractivity contribution in [1.29, 1.82) is 0 Å². The number of nitrogens with zero attached hydrogens (tertiary/aromatic N) is 1. The van der Waals surface area contributed by atoms with E-state index in [9.17, 15) is 4.79 Å². The topological polar surface area (TPSA) is 40.5 Å². The van der Waals surface area contributed by atoms with E-state index in [-0.39, 0.29) is 6.42 Å². The minimum absolute atomic E-state index is 0.272. The Morgan fingerprint density at radius 3 is 2.56 bits per heavy atom. The molecule has 2 atom stereocenters. The lowest BCUT2D eigenvalue weighted by atomic mass is 9.84. The third-order valence-corrected chi connectivity index (χ3v) is 5.86. The van der Waals surface area contributed by atoms with Gasteiger partial charge < -0.3 is 10.0 Å². The van der Waals surface area contributed by atoms with Crippen LogP contribution >= 0.6 is 0 Å². The van der Waals surface area contributed by atoms with Crippen LogP contribution in [0.1, 0.15) is 71.6 Å². The minimum atomic E-state index is -0.685. The molecule has 0 bridgehead atoms. The molecule has 0 amide bonds. The van der Waals surface area contributed by atoms with Crippen LogP contribution in [0.15, 0.2) is 47.7 Å². The summed E-state index contributed by atoms with van der Waals surface area (Å²) in [5.41, 5.74) is 2.60. The van der Waals surface area contributed by atoms with E-state index < -0.39 is 5.97 Å². The van der Waals surface area contributed by atoms with Crippen LogP contribution < -0.4 is 0 Å². The maximum atomic E-state index is 10.9. The van der Waals surface area contributed by atoms with E-state index in [0.717, 1.165) is 32.4 Å². The highest BCUT2D eigenvalue weighted by Gasteiger charge is 2.20. The van der Waals surface area contributed by atoms with E-state index >= 15 is 0 Å². The lowest BCUT2D eigenvalue weighted by molar-refractivity contribution is -0.137. The van der Waals surface area contributed by atoms with Gasteiger partial charge in [-0.2, -0.15) is 0 Å². The van der Waals surface area contributed by atoms with Crippen molar-refractivity contribution in [2.24, 2.45) is 11.8 Å². The lowest BCUT2D eigenvalue weighted by Gasteiger charge is -2.23. The first-order valence-corrected chi connectivity index (χ1v) is 10.9. The van der Waals surface area contributed by atoms with Crippen molar-refractivity contribution >= 4 is 5.97 Å². The molecule has 2 rings (SSSR count). The van der Waals surface area contributed by atoms with E-state index in [1.54, 1.807) is 0 Å². The minimum Gasteiger partial charge on any atom is -0.481 e. The smallest absolute Gasteiger partial charge is 0.303 e. The van der Waals surface area contributed by atoms with Crippen molar-refractivity contribution in [3.63, 3.8) is 0 Å². The van der Waals surface area contributed by atoms with Gasteiger partial charge in [0.05, 0.1) is 0 Å². The Labute approximate surface area is 165 Å². The van der Waals surface area contributed by atoms with Crippen LogP contribution in [-0.4, -0.2) is 29.1 Å². The Balaban J connectivity index is 1.87. The molecule has 0 aromatic rings. The van der Waals surface area contributed by atoms with Crippen LogP contribution in [0.5, 0.6) is 0 Å². The van der Waals surface area contributed by atoms with Crippen LogP contribution in [0.3, 0.4) is 0 Å². The van der Waals surface area contributed by atoms with E-state index in [1.807, 2.05) is 0 Å². The summed E-state index contributed by atoms with van der Waals surface area (Å²) in [6.07, 6.45) is 23.4. The van der Waals surface area contributed by atoms with E-state index in [2.05, 4.69) is 55.3 Å². The molecule has 2 aliphatic rings. The Morgan fingerprint density at radius 2 is 1.89 bits per heavy atom. The number of hydrogen-bond acceptors (Lipinski definition) is 2. The van der Waals surface area contributed by atoms with Crippen LogP contribution in [-0.2, 0) is 4.79 Å². The molecule has 0 aromatic heterocycles. The van der Waals surface area contributed by atoms with Crippen molar-refractivity contribution in [2.75, 3.05) is 13.1 Å². The number of unbranched alkanes of at least 4 members (excludes halogenated alkanes) is 4. The fourth-order valence-corrected chi connectivity index (χ4v) is 4.06. The van der Waals surface area contributed by atoms with Gasteiger partial charge in [0, 0.05) is 19.5 Å². The summed E-state index contributed by atoms with van der Waals surface area (Å²) in [6, 6.07) is 0. The second-order valence-corrected chi connectivity index (χ2v) is 7.90. The highest BCUT2D eigenvalue weighted by atomic mass is 16.4. The van der Waals surface area contributed by atoms with Crippen molar-refractivity contribution in [1.82, 2.24) is 4.90 Å². The fourth-order valence-electron chi connectivity index (χ4n) is 4.06. The van der Waals surface area contributed by atoms with Gasteiger partial charge in [0.1, 0.15) is 0 Å². The van der Waals surface area contributed by atoms with Crippen molar-refractivity contribution in [2.45, 2.75) is 71.6 Å². The van der Waals surface area contributed by atoms with Gasteiger partial charge in [0.25, 0.3) is 0 Å². The van der Waals surface area contributed by atoms with Crippen molar-refractivity contribution < 1.29 is 9.90 Å². The van der Waals surface area contributed by atoms with Gasteiger partial charge in [-0.15, -0.1) is 0 Å². The van der Waals surface area contributed by atoms with E-state index in [4.69, 9.17) is 5.11 Å². The number of carboxylic acids is 1. The number of carbonyl (C=O) groups is 1. The van der Waals surface area contributed by atoms with E-state index in [0.29, 0.717) is 11.8 Å². The standard InChI is InChI=1S/C24H37NO2/c1-3-5-6-7-8-17-25-18-15-23(16-19-25)22-10-9-20(4-2)21(11-12-22)13-14-24(26)27/h9-10,12,15-16,18,20-21H,3-8,11,13-14,17,19H2,1-2H3,(H,26,27). The molecule has 0 saturated carbocycles. The van der Waals surface area contributed by atoms with Gasteiger partial charge in [-0.1, -0.05) is 63.8 Å². The molecule has 1 N–H and O–H groups in total. The van der Waals surface area contributed by atoms with Gasteiger partial charge in [-0.25, -0.2) is 0 Å². The molecule has 3 heteroatoms. The van der Waals surface area contributed by atoms with Crippen LogP contribution in [0, 0.1) is 11.8 Å². The second kappa shape index (κ2) is 11.8.